The second-order valence-electron chi connectivity index (χ2n) is 6.07. The molecule has 0 fully saturated rings. The summed E-state index contributed by atoms with van der Waals surface area (Å²) < 4.78 is 1.65. The summed E-state index contributed by atoms with van der Waals surface area (Å²) >= 11 is 0. The number of aromatic amines is 1. The predicted molar refractivity (Wildman–Crippen MR) is 103 cm³/mol. The summed E-state index contributed by atoms with van der Waals surface area (Å²) in [5.74, 6) is 0.654. The Morgan fingerprint density at radius 1 is 1.04 bits per heavy atom. The van der Waals surface area contributed by atoms with Gasteiger partial charge >= 0.3 is 0 Å². The lowest BCUT2D eigenvalue weighted by Gasteiger charge is -2.05. The van der Waals surface area contributed by atoms with Gasteiger partial charge in [0.05, 0.1) is 6.21 Å². The number of aromatic nitrogens is 5. The molecule has 3 aromatic heterocycles. The number of fused-ring (bicyclic) bond motifs is 4. The molecule has 0 spiro atoms. The molecule has 2 N–H and O–H groups in total. The van der Waals surface area contributed by atoms with E-state index in [1.54, 1.807) is 10.8 Å². The number of hydrogen-bond donors (Lipinski definition) is 2. The molecular formula is C19H15N7. The van der Waals surface area contributed by atoms with Crippen LogP contribution in [0.5, 0.6) is 0 Å². The van der Waals surface area contributed by atoms with Crippen LogP contribution in [-0.4, -0.2) is 31.0 Å². The van der Waals surface area contributed by atoms with E-state index in [1.807, 2.05) is 49.5 Å². The third-order valence-corrected chi connectivity index (χ3v) is 4.47. The van der Waals surface area contributed by atoms with Gasteiger partial charge < -0.3 is 4.98 Å². The van der Waals surface area contributed by atoms with Crippen LogP contribution in [0.4, 0.5) is 5.82 Å². The molecule has 0 atom stereocenters. The zero-order valence-electron chi connectivity index (χ0n) is 14.0. The minimum absolute atomic E-state index is 0.654. The van der Waals surface area contributed by atoms with Crippen LogP contribution in [0.3, 0.4) is 0 Å². The maximum absolute atomic E-state index is 4.53. The van der Waals surface area contributed by atoms with E-state index in [0.29, 0.717) is 5.82 Å². The van der Waals surface area contributed by atoms with Crippen LogP contribution in [0, 0.1) is 6.92 Å². The number of para-hydroxylation sites is 1. The van der Waals surface area contributed by atoms with Gasteiger partial charge in [-0.1, -0.05) is 42.5 Å². The second kappa shape index (κ2) is 5.66. The molecule has 7 nitrogen and oxygen atoms in total. The minimum atomic E-state index is 0.654. The van der Waals surface area contributed by atoms with E-state index in [-0.39, 0.29) is 0 Å². The van der Waals surface area contributed by atoms with Crippen molar-refractivity contribution < 1.29 is 0 Å². The van der Waals surface area contributed by atoms with Gasteiger partial charge in [0.15, 0.2) is 11.5 Å². The van der Waals surface area contributed by atoms with Crippen molar-refractivity contribution >= 4 is 39.4 Å². The van der Waals surface area contributed by atoms with Crippen molar-refractivity contribution in [3.63, 3.8) is 0 Å². The first-order valence-electron chi connectivity index (χ1n) is 8.26. The van der Waals surface area contributed by atoms with Crippen molar-refractivity contribution in [2.45, 2.75) is 6.92 Å². The normalized spacial score (nSPS) is 11.9. The SMILES string of the molecule is Cc1[nH]c2ccccc2c1C=NNc1nn2cnnc2c2ccccc12. The number of benzene rings is 2. The number of aryl methyl sites for hydroxylation is 1. The quantitative estimate of drug-likeness (QED) is 0.388. The molecule has 5 aromatic rings. The average molecular weight is 341 g/mol. The first kappa shape index (κ1) is 14.6. The number of nitrogens with one attached hydrogen (secondary N) is 2. The van der Waals surface area contributed by atoms with Gasteiger partial charge in [0, 0.05) is 32.9 Å². The van der Waals surface area contributed by atoms with Crippen LogP contribution >= 0.6 is 0 Å². The van der Waals surface area contributed by atoms with Gasteiger partial charge in [-0.25, -0.2) is 0 Å². The molecule has 0 aliphatic heterocycles. The summed E-state index contributed by atoms with van der Waals surface area (Å²) in [5, 5.41) is 20.1. The van der Waals surface area contributed by atoms with Crippen molar-refractivity contribution in [2.75, 3.05) is 5.43 Å². The largest absolute Gasteiger partial charge is 0.358 e. The fourth-order valence-corrected chi connectivity index (χ4v) is 3.23. The molecule has 7 heteroatoms. The van der Waals surface area contributed by atoms with E-state index >= 15 is 0 Å². The summed E-state index contributed by atoms with van der Waals surface area (Å²) in [4.78, 5) is 3.37. The molecule has 5 rings (SSSR count). The van der Waals surface area contributed by atoms with Gasteiger partial charge in [0.25, 0.3) is 0 Å². The number of H-pyrrole nitrogens is 1. The Balaban J connectivity index is 1.57. The number of hydrazone groups is 1. The molecule has 0 saturated heterocycles. The first-order valence-corrected chi connectivity index (χ1v) is 8.26. The molecule has 0 aliphatic carbocycles. The van der Waals surface area contributed by atoms with E-state index in [9.17, 15) is 0 Å². The number of nitrogens with zero attached hydrogens (tertiary/aromatic N) is 5. The summed E-state index contributed by atoms with van der Waals surface area (Å²) in [7, 11) is 0. The van der Waals surface area contributed by atoms with Crippen molar-refractivity contribution in [3.05, 3.63) is 66.1 Å². The van der Waals surface area contributed by atoms with E-state index < -0.39 is 0 Å². The third kappa shape index (κ3) is 2.21. The van der Waals surface area contributed by atoms with E-state index in [0.717, 1.165) is 38.6 Å². The van der Waals surface area contributed by atoms with Gasteiger partial charge in [-0.15, -0.1) is 15.3 Å². The Kier molecular flexibility index (Phi) is 3.18. The lowest BCUT2D eigenvalue weighted by Crippen LogP contribution is -2.00. The molecule has 2 aromatic carbocycles. The minimum Gasteiger partial charge on any atom is -0.358 e. The molecule has 0 bridgehead atoms. The Labute approximate surface area is 148 Å². The molecular weight excluding hydrogens is 326 g/mol. The Morgan fingerprint density at radius 3 is 2.69 bits per heavy atom. The maximum Gasteiger partial charge on any atom is 0.185 e. The van der Waals surface area contributed by atoms with Crippen molar-refractivity contribution in [3.8, 4) is 0 Å². The summed E-state index contributed by atoms with van der Waals surface area (Å²) in [5.41, 5.74) is 7.02. The van der Waals surface area contributed by atoms with Crippen LogP contribution in [0.25, 0.3) is 27.3 Å². The monoisotopic (exact) mass is 341 g/mol. The highest BCUT2D eigenvalue weighted by Gasteiger charge is 2.09. The molecule has 0 aliphatic rings. The smallest absolute Gasteiger partial charge is 0.185 e. The predicted octanol–water partition coefficient (Wildman–Crippen LogP) is 3.51. The fourth-order valence-electron chi connectivity index (χ4n) is 3.23. The maximum atomic E-state index is 4.53. The van der Waals surface area contributed by atoms with Crippen LogP contribution in [-0.2, 0) is 0 Å². The number of hydrogen-bond acceptors (Lipinski definition) is 5. The lowest BCUT2D eigenvalue weighted by molar-refractivity contribution is 0.934. The van der Waals surface area contributed by atoms with Gasteiger partial charge in [0.2, 0.25) is 0 Å². The molecule has 0 saturated carbocycles. The lowest BCUT2D eigenvalue weighted by atomic mass is 10.1. The van der Waals surface area contributed by atoms with Crippen LogP contribution in [0.2, 0.25) is 0 Å². The zero-order valence-corrected chi connectivity index (χ0v) is 14.0. The van der Waals surface area contributed by atoms with Gasteiger partial charge in [-0.2, -0.15) is 9.62 Å². The fraction of sp³-hybridized carbons (Fsp3) is 0.0526. The number of rotatable bonds is 3. The Morgan fingerprint density at radius 2 is 1.81 bits per heavy atom. The van der Waals surface area contributed by atoms with E-state index in [1.165, 1.54) is 0 Å². The van der Waals surface area contributed by atoms with Crippen molar-refractivity contribution in [2.24, 2.45) is 5.10 Å². The molecule has 0 amide bonds. The first-order chi connectivity index (χ1) is 12.8. The summed E-state index contributed by atoms with van der Waals surface area (Å²) in [6.45, 7) is 2.04. The third-order valence-electron chi connectivity index (χ3n) is 4.47. The summed E-state index contributed by atoms with van der Waals surface area (Å²) in [6, 6.07) is 16.1. The second-order valence-corrected chi connectivity index (χ2v) is 6.07. The Hall–Kier alpha value is -3.74. The average Bonchev–Trinajstić information content (AvgIpc) is 3.26. The van der Waals surface area contributed by atoms with Crippen LogP contribution in [0.15, 0.2) is 60.0 Å². The molecule has 26 heavy (non-hydrogen) atoms. The van der Waals surface area contributed by atoms with Crippen molar-refractivity contribution in [1.29, 1.82) is 0 Å². The molecule has 0 unspecified atom stereocenters. The topological polar surface area (TPSA) is 83.3 Å². The van der Waals surface area contributed by atoms with Gasteiger partial charge in [-0.05, 0) is 13.0 Å². The van der Waals surface area contributed by atoms with Crippen molar-refractivity contribution in [1.82, 2.24) is 24.8 Å². The van der Waals surface area contributed by atoms with Crippen LogP contribution in [0.1, 0.15) is 11.3 Å². The highest BCUT2D eigenvalue weighted by molar-refractivity contribution is 6.02. The summed E-state index contributed by atoms with van der Waals surface area (Å²) in [6.07, 6.45) is 3.40. The van der Waals surface area contributed by atoms with Gasteiger partial charge in [0.1, 0.15) is 6.33 Å². The Bertz CT molecular complexity index is 1280. The van der Waals surface area contributed by atoms with Crippen LogP contribution < -0.4 is 5.43 Å². The van der Waals surface area contributed by atoms with Gasteiger partial charge in [-0.3, -0.25) is 5.43 Å². The standard InChI is InChI=1S/C19H15N7/c1-12-16(13-6-4-5-9-17(13)22-12)10-20-23-18-14-7-2-3-8-15(14)19-24-21-11-26(19)25-18/h2-11,22H,1H3,(H,23,25). The molecule has 0 radical (unpaired) electrons. The van der Waals surface area contributed by atoms with E-state index in [2.05, 4.69) is 42.9 Å². The molecule has 126 valence electrons. The number of anilines is 1. The highest BCUT2D eigenvalue weighted by atomic mass is 15.4. The molecule has 3 heterocycles. The highest BCUT2D eigenvalue weighted by Crippen LogP contribution is 2.24. The zero-order chi connectivity index (χ0) is 17.5. The van der Waals surface area contributed by atoms with E-state index in [4.69, 9.17) is 0 Å².